The third-order valence-electron chi connectivity index (χ3n) is 4.47. The van der Waals surface area contributed by atoms with Crippen LogP contribution in [0.3, 0.4) is 0 Å². The van der Waals surface area contributed by atoms with Gasteiger partial charge in [-0.05, 0) is 50.4 Å². The molecular weight excluding hydrogens is 240 g/mol. The molecule has 4 nitrogen and oxygen atoms in total. The molecule has 1 fully saturated rings. The van der Waals surface area contributed by atoms with Crippen LogP contribution in [0.5, 0.6) is 0 Å². The standard InChI is InChI=1S/C15H22N2O2/c1-3-15(14(18)19)7-4-10-17(11-15)12(2)13-5-8-16-9-6-13/h5-6,8-9,12H,3-4,7,10-11H2,1-2H3,(H,18,19). The summed E-state index contributed by atoms with van der Waals surface area (Å²) in [5.41, 5.74) is 0.631. The third kappa shape index (κ3) is 2.78. The molecule has 1 aliphatic rings. The van der Waals surface area contributed by atoms with Gasteiger partial charge in [-0.3, -0.25) is 14.7 Å². The summed E-state index contributed by atoms with van der Waals surface area (Å²) < 4.78 is 0. The number of likely N-dealkylation sites (tertiary alicyclic amines) is 1. The summed E-state index contributed by atoms with van der Waals surface area (Å²) in [5, 5.41) is 9.52. The van der Waals surface area contributed by atoms with E-state index in [1.807, 2.05) is 19.1 Å². The second kappa shape index (κ2) is 5.70. The number of carbonyl (C=O) groups is 1. The molecule has 0 spiro atoms. The fraction of sp³-hybridized carbons (Fsp3) is 0.600. The van der Waals surface area contributed by atoms with Crippen molar-refractivity contribution in [1.29, 1.82) is 0 Å². The van der Waals surface area contributed by atoms with Gasteiger partial charge in [-0.25, -0.2) is 0 Å². The first-order chi connectivity index (χ1) is 9.09. The molecule has 2 unspecified atom stereocenters. The van der Waals surface area contributed by atoms with Crippen LogP contribution in [0.1, 0.15) is 44.7 Å². The van der Waals surface area contributed by atoms with Crippen LogP contribution in [0.2, 0.25) is 0 Å². The molecule has 0 bridgehead atoms. The molecule has 0 amide bonds. The van der Waals surface area contributed by atoms with Crippen molar-refractivity contribution < 1.29 is 9.90 Å². The van der Waals surface area contributed by atoms with Gasteiger partial charge < -0.3 is 5.11 Å². The highest BCUT2D eigenvalue weighted by Crippen LogP contribution is 2.37. The van der Waals surface area contributed by atoms with Gasteiger partial charge in [0.25, 0.3) is 0 Å². The van der Waals surface area contributed by atoms with Crippen molar-refractivity contribution in [2.24, 2.45) is 5.41 Å². The van der Waals surface area contributed by atoms with Crippen molar-refractivity contribution in [2.45, 2.75) is 39.2 Å². The number of piperidine rings is 1. The van der Waals surface area contributed by atoms with Gasteiger partial charge >= 0.3 is 5.97 Å². The van der Waals surface area contributed by atoms with E-state index in [1.54, 1.807) is 12.4 Å². The lowest BCUT2D eigenvalue weighted by molar-refractivity contribution is -0.153. The van der Waals surface area contributed by atoms with E-state index in [0.717, 1.165) is 19.4 Å². The summed E-state index contributed by atoms with van der Waals surface area (Å²) in [7, 11) is 0. The number of nitrogens with zero attached hydrogens (tertiary/aromatic N) is 2. The van der Waals surface area contributed by atoms with Crippen molar-refractivity contribution in [3.05, 3.63) is 30.1 Å². The maximum Gasteiger partial charge on any atom is 0.310 e. The number of pyridine rings is 1. The first kappa shape index (κ1) is 14.0. The molecule has 2 atom stereocenters. The molecule has 0 saturated carbocycles. The number of aromatic nitrogens is 1. The van der Waals surface area contributed by atoms with E-state index in [1.165, 1.54) is 5.56 Å². The number of hydrogen-bond acceptors (Lipinski definition) is 3. The summed E-state index contributed by atoms with van der Waals surface area (Å²) in [6.07, 6.45) is 6.02. The Morgan fingerprint density at radius 1 is 1.53 bits per heavy atom. The number of hydrogen-bond donors (Lipinski definition) is 1. The highest BCUT2D eigenvalue weighted by atomic mass is 16.4. The molecule has 1 aromatic heterocycles. The van der Waals surface area contributed by atoms with Crippen molar-refractivity contribution in [2.75, 3.05) is 13.1 Å². The summed E-state index contributed by atoms with van der Waals surface area (Å²) in [6.45, 7) is 5.73. The quantitative estimate of drug-likeness (QED) is 0.906. The van der Waals surface area contributed by atoms with Crippen molar-refractivity contribution in [3.8, 4) is 0 Å². The second-order valence-electron chi connectivity index (χ2n) is 5.47. The zero-order chi connectivity index (χ0) is 13.9. The fourth-order valence-electron chi connectivity index (χ4n) is 2.97. The maximum absolute atomic E-state index is 11.6. The number of rotatable bonds is 4. The number of aliphatic carboxylic acids is 1. The predicted molar refractivity (Wildman–Crippen MR) is 73.8 cm³/mol. The van der Waals surface area contributed by atoms with Crippen LogP contribution in [0, 0.1) is 5.41 Å². The van der Waals surface area contributed by atoms with Crippen molar-refractivity contribution in [1.82, 2.24) is 9.88 Å². The zero-order valence-electron chi connectivity index (χ0n) is 11.7. The van der Waals surface area contributed by atoms with Crippen LogP contribution in [-0.4, -0.2) is 34.0 Å². The summed E-state index contributed by atoms with van der Waals surface area (Å²) in [4.78, 5) is 17.9. The lowest BCUT2D eigenvalue weighted by atomic mass is 9.77. The van der Waals surface area contributed by atoms with Gasteiger partial charge in [0.05, 0.1) is 5.41 Å². The van der Waals surface area contributed by atoms with E-state index < -0.39 is 11.4 Å². The minimum absolute atomic E-state index is 0.244. The average Bonchev–Trinajstić information content (AvgIpc) is 2.47. The van der Waals surface area contributed by atoms with Gasteiger partial charge in [0, 0.05) is 25.0 Å². The molecule has 1 aliphatic heterocycles. The summed E-state index contributed by atoms with van der Waals surface area (Å²) >= 11 is 0. The van der Waals surface area contributed by atoms with Gasteiger partial charge in [0.2, 0.25) is 0 Å². The number of carboxylic acid groups (broad SMARTS) is 1. The molecular formula is C15H22N2O2. The first-order valence-electron chi connectivity index (χ1n) is 6.96. The molecule has 0 aliphatic carbocycles. The molecule has 104 valence electrons. The third-order valence-corrected chi connectivity index (χ3v) is 4.47. The van der Waals surface area contributed by atoms with Crippen molar-refractivity contribution in [3.63, 3.8) is 0 Å². The molecule has 2 rings (SSSR count). The summed E-state index contributed by atoms with van der Waals surface area (Å²) in [6, 6.07) is 4.26. The molecule has 2 heterocycles. The van der Waals surface area contributed by atoms with Gasteiger partial charge in [-0.15, -0.1) is 0 Å². The normalized spacial score (nSPS) is 26.0. The zero-order valence-corrected chi connectivity index (χ0v) is 11.7. The molecule has 1 N–H and O–H groups in total. The fourth-order valence-corrected chi connectivity index (χ4v) is 2.97. The Labute approximate surface area is 114 Å². The first-order valence-corrected chi connectivity index (χ1v) is 6.96. The maximum atomic E-state index is 11.6. The molecule has 19 heavy (non-hydrogen) atoms. The van der Waals surface area contributed by atoms with E-state index in [0.29, 0.717) is 13.0 Å². The van der Waals surface area contributed by atoms with Crippen molar-refractivity contribution >= 4 is 5.97 Å². The topological polar surface area (TPSA) is 53.4 Å². The minimum Gasteiger partial charge on any atom is -0.481 e. The highest BCUT2D eigenvalue weighted by molar-refractivity contribution is 5.75. The Balaban J connectivity index is 2.15. The van der Waals surface area contributed by atoms with E-state index in [2.05, 4.69) is 16.8 Å². The average molecular weight is 262 g/mol. The van der Waals surface area contributed by atoms with E-state index in [9.17, 15) is 9.90 Å². The molecule has 0 aromatic carbocycles. The number of carboxylic acids is 1. The Kier molecular flexibility index (Phi) is 4.20. The monoisotopic (exact) mass is 262 g/mol. The lowest BCUT2D eigenvalue weighted by Gasteiger charge is -2.42. The van der Waals surface area contributed by atoms with Crippen LogP contribution >= 0.6 is 0 Å². The Hall–Kier alpha value is -1.42. The minimum atomic E-state index is -0.651. The van der Waals surface area contributed by atoms with Crippen LogP contribution in [-0.2, 0) is 4.79 Å². The Bertz CT molecular complexity index is 435. The van der Waals surface area contributed by atoms with Crippen LogP contribution < -0.4 is 0 Å². The molecule has 1 aromatic rings. The SMILES string of the molecule is CCC1(C(=O)O)CCCN(C(C)c2ccncc2)C1. The molecule has 1 saturated heterocycles. The van der Waals surface area contributed by atoms with E-state index >= 15 is 0 Å². The Morgan fingerprint density at radius 3 is 2.79 bits per heavy atom. The Morgan fingerprint density at radius 2 is 2.21 bits per heavy atom. The molecule has 0 radical (unpaired) electrons. The van der Waals surface area contributed by atoms with E-state index in [-0.39, 0.29) is 6.04 Å². The summed E-state index contributed by atoms with van der Waals surface area (Å²) in [5.74, 6) is -0.651. The van der Waals surface area contributed by atoms with Gasteiger partial charge in [0.15, 0.2) is 0 Å². The second-order valence-corrected chi connectivity index (χ2v) is 5.47. The predicted octanol–water partition coefficient (Wildman–Crippen LogP) is 2.72. The van der Waals surface area contributed by atoms with E-state index in [4.69, 9.17) is 0 Å². The van der Waals surface area contributed by atoms with Crippen LogP contribution in [0.25, 0.3) is 0 Å². The highest BCUT2D eigenvalue weighted by Gasteiger charge is 2.41. The smallest absolute Gasteiger partial charge is 0.310 e. The van der Waals surface area contributed by atoms with Gasteiger partial charge in [-0.2, -0.15) is 0 Å². The largest absolute Gasteiger partial charge is 0.481 e. The van der Waals surface area contributed by atoms with Crippen LogP contribution in [0.15, 0.2) is 24.5 Å². The molecule has 4 heteroatoms. The lowest BCUT2D eigenvalue weighted by Crippen LogP contribution is -2.48. The van der Waals surface area contributed by atoms with Gasteiger partial charge in [-0.1, -0.05) is 6.92 Å². The van der Waals surface area contributed by atoms with Gasteiger partial charge in [0.1, 0.15) is 0 Å². The van der Waals surface area contributed by atoms with Crippen LogP contribution in [0.4, 0.5) is 0 Å².